The van der Waals surface area contributed by atoms with E-state index < -0.39 is 7.37 Å². The fraction of sp³-hybridized carbons (Fsp3) is 1.00. The van der Waals surface area contributed by atoms with Gasteiger partial charge < -0.3 is 4.52 Å². The third kappa shape index (κ3) is 8.35. The Morgan fingerprint density at radius 1 is 0.812 bits per heavy atom. The SMILES string of the molecule is CCCCCCCCCOP(=O)(CC)CC. The van der Waals surface area contributed by atoms with E-state index in [0.29, 0.717) is 18.9 Å². The molecule has 0 atom stereocenters. The van der Waals surface area contributed by atoms with E-state index in [1.165, 1.54) is 38.5 Å². The van der Waals surface area contributed by atoms with Crippen molar-refractivity contribution in [1.82, 2.24) is 0 Å². The number of hydrogen-bond acceptors (Lipinski definition) is 2. The van der Waals surface area contributed by atoms with Crippen LogP contribution in [0, 0.1) is 0 Å². The lowest BCUT2D eigenvalue weighted by Crippen LogP contribution is -1.98. The summed E-state index contributed by atoms with van der Waals surface area (Å²) in [6.07, 6.45) is 10.3. The standard InChI is InChI=1S/C13H29O2P/c1-4-7-8-9-10-11-12-13-15-16(14,5-2)6-3/h4-13H2,1-3H3. The Labute approximate surface area is 102 Å². The number of rotatable bonds is 11. The molecule has 0 aliphatic heterocycles. The molecule has 0 saturated heterocycles. The van der Waals surface area contributed by atoms with E-state index in [4.69, 9.17) is 4.52 Å². The molecule has 98 valence electrons. The zero-order chi connectivity index (χ0) is 12.3. The average Bonchev–Trinajstić information content (AvgIpc) is 2.32. The Balaban J connectivity index is 3.29. The Morgan fingerprint density at radius 3 is 1.81 bits per heavy atom. The van der Waals surface area contributed by atoms with Gasteiger partial charge in [0.15, 0.2) is 0 Å². The van der Waals surface area contributed by atoms with Crippen molar-refractivity contribution >= 4 is 7.37 Å². The maximum atomic E-state index is 11.9. The minimum Gasteiger partial charge on any atom is -0.328 e. The lowest BCUT2D eigenvalue weighted by Gasteiger charge is -2.14. The molecule has 0 rings (SSSR count). The topological polar surface area (TPSA) is 26.3 Å². The van der Waals surface area contributed by atoms with Crippen LogP contribution in [0.4, 0.5) is 0 Å². The Kier molecular flexibility index (Phi) is 10.5. The number of unbranched alkanes of at least 4 members (excludes halogenated alkanes) is 6. The van der Waals surface area contributed by atoms with Gasteiger partial charge in [-0.3, -0.25) is 4.57 Å². The fourth-order valence-electron chi connectivity index (χ4n) is 1.70. The van der Waals surface area contributed by atoms with Crippen molar-refractivity contribution < 1.29 is 9.09 Å². The maximum absolute atomic E-state index is 11.9. The molecule has 0 aliphatic carbocycles. The summed E-state index contributed by atoms with van der Waals surface area (Å²) in [7, 11) is -2.25. The molecule has 0 fully saturated rings. The predicted molar refractivity (Wildman–Crippen MR) is 72.6 cm³/mol. The van der Waals surface area contributed by atoms with Crippen molar-refractivity contribution in [3.05, 3.63) is 0 Å². The van der Waals surface area contributed by atoms with Crippen LogP contribution in [0.5, 0.6) is 0 Å². The molecular weight excluding hydrogens is 219 g/mol. The molecule has 0 N–H and O–H groups in total. The highest BCUT2D eigenvalue weighted by Gasteiger charge is 2.16. The van der Waals surface area contributed by atoms with Gasteiger partial charge in [0, 0.05) is 12.3 Å². The van der Waals surface area contributed by atoms with E-state index in [2.05, 4.69) is 6.92 Å². The zero-order valence-electron chi connectivity index (χ0n) is 11.3. The first kappa shape index (κ1) is 16.2. The second-order valence-electron chi connectivity index (χ2n) is 4.40. The van der Waals surface area contributed by atoms with Crippen molar-refractivity contribution in [2.45, 2.75) is 65.7 Å². The normalized spacial score (nSPS) is 11.9. The Hall–Kier alpha value is 0.190. The summed E-state index contributed by atoms with van der Waals surface area (Å²) < 4.78 is 17.4. The van der Waals surface area contributed by atoms with Gasteiger partial charge in [-0.15, -0.1) is 0 Å². The Bertz CT molecular complexity index is 184. The number of hydrogen-bond donors (Lipinski definition) is 0. The lowest BCUT2D eigenvalue weighted by molar-refractivity contribution is 0.302. The van der Waals surface area contributed by atoms with Crippen LogP contribution in [0.1, 0.15) is 65.7 Å². The summed E-state index contributed by atoms with van der Waals surface area (Å²) in [5, 5.41) is 0. The van der Waals surface area contributed by atoms with Crippen LogP contribution in [-0.4, -0.2) is 18.9 Å². The van der Waals surface area contributed by atoms with E-state index >= 15 is 0 Å². The van der Waals surface area contributed by atoms with Gasteiger partial charge in [-0.2, -0.15) is 0 Å². The summed E-state index contributed by atoms with van der Waals surface area (Å²) in [5.74, 6) is 0. The van der Waals surface area contributed by atoms with Gasteiger partial charge in [0.05, 0.1) is 6.61 Å². The molecule has 0 spiro atoms. The molecule has 0 aromatic heterocycles. The predicted octanol–water partition coefficient (Wildman–Crippen LogP) is 5.07. The van der Waals surface area contributed by atoms with E-state index in [9.17, 15) is 4.57 Å². The summed E-state index contributed by atoms with van der Waals surface area (Å²) in [6, 6.07) is 0. The molecule has 3 heteroatoms. The quantitative estimate of drug-likeness (QED) is 0.377. The van der Waals surface area contributed by atoms with Crippen molar-refractivity contribution in [2.24, 2.45) is 0 Å². The highest BCUT2D eigenvalue weighted by atomic mass is 31.2. The molecular formula is C13H29O2P. The first-order valence-corrected chi connectivity index (χ1v) is 8.90. The second kappa shape index (κ2) is 10.4. The molecule has 0 saturated carbocycles. The first-order valence-electron chi connectivity index (χ1n) is 6.91. The van der Waals surface area contributed by atoms with Gasteiger partial charge in [0.25, 0.3) is 0 Å². The van der Waals surface area contributed by atoms with Gasteiger partial charge >= 0.3 is 0 Å². The molecule has 0 aromatic carbocycles. The molecule has 0 radical (unpaired) electrons. The minimum atomic E-state index is -2.25. The molecule has 16 heavy (non-hydrogen) atoms. The highest BCUT2D eigenvalue weighted by molar-refractivity contribution is 7.58. The summed E-state index contributed by atoms with van der Waals surface area (Å²) >= 11 is 0. The molecule has 0 aromatic rings. The van der Waals surface area contributed by atoms with Crippen LogP contribution < -0.4 is 0 Å². The molecule has 2 nitrogen and oxygen atoms in total. The van der Waals surface area contributed by atoms with Gasteiger partial charge in [-0.25, -0.2) is 0 Å². The second-order valence-corrected chi connectivity index (χ2v) is 7.55. The summed E-state index contributed by atoms with van der Waals surface area (Å²) in [6.45, 7) is 6.83. The van der Waals surface area contributed by atoms with Gasteiger partial charge in [-0.05, 0) is 6.42 Å². The van der Waals surface area contributed by atoms with E-state index in [0.717, 1.165) is 6.42 Å². The maximum Gasteiger partial charge on any atom is 0.202 e. The molecule has 0 bridgehead atoms. The molecule has 0 amide bonds. The molecule has 0 aliphatic rings. The van der Waals surface area contributed by atoms with E-state index in [1.54, 1.807) is 0 Å². The Morgan fingerprint density at radius 2 is 1.31 bits per heavy atom. The average molecular weight is 248 g/mol. The van der Waals surface area contributed by atoms with E-state index in [1.807, 2.05) is 13.8 Å². The van der Waals surface area contributed by atoms with Gasteiger partial charge in [0.1, 0.15) is 0 Å². The molecule has 0 heterocycles. The van der Waals surface area contributed by atoms with Crippen LogP contribution in [0.25, 0.3) is 0 Å². The highest BCUT2D eigenvalue weighted by Crippen LogP contribution is 2.45. The van der Waals surface area contributed by atoms with Crippen molar-refractivity contribution in [1.29, 1.82) is 0 Å². The minimum absolute atomic E-state index is 0.681. The van der Waals surface area contributed by atoms with Crippen LogP contribution in [0.3, 0.4) is 0 Å². The summed E-state index contributed by atoms with van der Waals surface area (Å²) in [4.78, 5) is 0. The van der Waals surface area contributed by atoms with Crippen LogP contribution >= 0.6 is 7.37 Å². The van der Waals surface area contributed by atoms with Gasteiger partial charge in [-0.1, -0.05) is 59.3 Å². The fourth-order valence-corrected chi connectivity index (χ4v) is 2.97. The summed E-state index contributed by atoms with van der Waals surface area (Å²) in [5.41, 5.74) is 0. The monoisotopic (exact) mass is 248 g/mol. The zero-order valence-corrected chi connectivity index (χ0v) is 12.2. The van der Waals surface area contributed by atoms with Crippen molar-refractivity contribution in [3.63, 3.8) is 0 Å². The van der Waals surface area contributed by atoms with Crippen LogP contribution in [-0.2, 0) is 9.09 Å². The molecule has 0 unspecified atom stereocenters. The van der Waals surface area contributed by atoms with E-state index in [-0.39, 0.29) is 0 Å². The third-order valence-corrected chi connectivity index (χ3v) is 5.62. The largest absolute Gasteiger partial charge is 0.328 e. The van der Waals surface area contributed by atoms with Crippen LogP contribution in [0.15, 0.2) is 0 Å². The van der Waals surface area contributed by atoms with Crippen LogP contribution in [0.2, 0.25) is 0 Å². The smallest absolute Gasteiger partial charge is 0.202 e. The van der Waals surface area contributed by atoms with Crippen molar-refractivity contribution in [2.75, 3.05) is 18.9 Å². The lowest BCUT2D eigenvalue weighted by atomic mass is 10.1. The van der Waals surface area contributed by atoms with Gasteiger partial charge in [0.2, 0.25) is 7.37 Å². The van der Waals surface area contributed by atoms with Crippen molar-refractivity contribution in [3.8, 4) is 0 Å². The third-order valence-electron chi connectivity index (χ3n) is 3.04. The first-order chi connectivity index (χ1) is 7.68.